The largest absolute Gasteiger partial charge is 0.471 e. The number of amides is 1. The molecule has 0 spiro atoms. The zero-order valence-electron chi connectivity index (χ0n) is 13.6. The maximum Gasteiger partial charge on any atom is 0.471 e. The molecular weight excluding hydrogens is 390 g/mol. The maximum absolute atomic E-state index is 13.6. The van der Waals surface area contributed by atoms with E-state index in [2.05, 4.69) is 14.7 Å². The van der Waals surface area contributed by atoms with Crippen LogP contribution in [-0.2, 0) is 6.18 Å². The Hall–Kier alpha value is -2.94. The molecule has 0 N–H and O–H groups in total. The van der Waals surface area contributed by atoms with Crippen LogP contribution in [0.1, 0.15) is 16.2 Å². The van der Waals surface area contributed by atoms with Gasteiger partial charge in [-0.05, 0) is 30.3 Å². The highest BCUT2D eigenvalue weighted by Crippen LogP contribution is 2.29. The van der Waals surface area contributed by atoms with Gasteiger partial charge in [-0.25, -0.2) is 4.39 Å². The number of halogens is 5. The lowest BCUT2D eigenvalue weighted by atomic mass is 10.1. The quantitative estimate of drug-likeness (QED) is 0.592. The molecule has 0 aliphatic heterocycles. The molecule has 5 nitrogen and oxygen atoms in total. The molecule has 0 fully saturated rings. The number of alkyl halides is 3. The minimum atomic E-state index is -4.74. The van der Waals surface area contributed by atoms with Crippen LogP contribution in [0, 0.1) is 5.82 Å². The summed E-state index contributed by atoms with van der Waals surface area (Å²) < 4.78 is 55.3. The van der Waals surface area contributed by atoms with E-state index in [1.165, 1.54) is 48.3 Å². The van der Waals surface area contributed by atoms with Crippen LogP contribution < -0.4 is 4.90 Å². The van der Waals surface area contributed by atoms with E-state index in [-0.39, 0.29) is 22.0 Å². The van der Waals surface area contributed by atoms with Gasteiger partial charge in [-0.3, -0.25) is 4.79 Å². The van der Waals surface area contributed by atoms with Crippen molar-refractivity contribution in [2.45, 2.75) is 6.18 Å². The molecule has 0 atom stereocenters. The lowest BCUT2D eigenvalue weighted by molar-refractivity contribution is -0.159. The van der Waals surface area contributed by atoms with Gasteiger partial charge in [0.1, 0.15) is 5.82 Å². The number of carbonyl (C=O) groups is 1. The Labute approximate surface area is 155 Å². The van der Waals surface area contributed by atoms with Crippen molar-refractivity contribution in [3.63, 3.8) is 0 Å². The highest BCUT2D eigenvalue weighted by atomic mass is 35.5. The van der Waals surface area contributed by atoms with Crippen LogP contribution in [0.2, 0.25) is 5.02 Å². The van der Waals surface area contributed by atoms with Gasteiger partial charge in [0.15, 0.2) is 0 Å². The molecule has 0 aliphatic carbocycles. The third-order valence-corrected chi connectivity index (χ3v) is 3.96. The van der Waals surface area contributed by atoms with Gasteiger partial charge in [0.25, 0.3) is 5.91 Å². The third kappa shape index (κ3) is 3.92. The Morgan fingerprint density at radius 1 is 1.15 bits per heavy atom. The van der Waals surface area contributed by atoms with Crippen LogP contribution in [0.25, 0.3) is 11.4 Å². The van der Waals surface area contributed by atoms with E-state index in [1.807, 2.05) is 0 Å². The zero-order valence-corrected chi connectivity index (χ0v) is 14.3. The van der Waals surface area contributed by atoms with Crippen LogP contribution in [-0.4, -0.2) is 23.1 Å². The molecule has 1 heterocycles. The summed E-state index contributed by atoms with van der Waals surface area (Å²) in [6.07, 6.45) is -4.74. The Kier molecular flexibility index (Phi) is 4.88. The molecule has 0 radical (unpaired) electrons. The smallest absolute Gasteiger partial charge is 0.329 e. The summed E-state index contributed by atoms with van der Waals surface area (Å²) >= 11 is 5.62. The second-order valence-electron chi connectivity index (χ2n) is 5.46. The predicted molar refractivity (Wildman–Crippen MR) is 88.9 cm³/mol. The van der Waals surface area contributed by atoms with E-state index < -0.39 is 23.8 Å². The number of nitrogens with zero attached hydrogens (tertiary/aromatic N) is 3. The predicted octanol–water partition coefficient (Wildman–Crippen LogP) is 4.82. The molecule has 0 bridgehead atoms. The van der Waals surface area contributed by atoms with Crippen molar-refractivity contribution < 1.29 is 26.9 Å². The molecule has 27 heavy (non-hydrogen) atoms. The van der Waals surface area contributed by atoms with Gasteiger partial charge in [-0.15, -0.1) is 0 Å². The van der Waals surface area contributed by atoms with Crippen LogP contribution in [0.15, 0.2) is 47.0 Å². The standard InChI is InChI=1S/C17H10ClF4N3O2/c1-25(11-6-7-12(18)13(19)8-11)15(26)10-4-2-9(3-5-10)14-23-16(27-24-14)17(20,21)22/h2-8H,1H3. The SMILES string of the molecule is CN(C(=O)c1ccc(-c2noc(C(F)(F)F)n2)cc1)c1ccc(Cl)c(F)c1. The van der Waals surface area contributed by atoms with Crippen molar-refractivity contribution in [2.24, 2.45) is 0 Å². The first-order chi connectivity index (χ1) is 12.7. The molecule has 0 saturated heterocycles. The molecule has 3 aromatic rings. The van der Waals surface area contributed by atoms with Crippen molar-refractivity contribution in [3.8, 4) is 11.4 Å². The summed E-state index contributed by atoms with van der Waals surface area (Å²) in [5, 5.41) is 3.21. The molecule has 0 saturated carbocycles. The van der Waals surface area contributed by atoms with Gasteiger partial charge in [0.05, 0.1) is 5.02 Å². The van der Waals surface area contributed by atoms with E-state index >= 15 is 0 Å². The number of anilines is 1. The Bertz CT molecular complexity index is 987. The van der Waals surface area contributed by atoms with Crippen molar-refractivity contribution in [2.75, 3.05) is 11.9 Å². The van der Waals surface area contributed by atoms with Crippen molar-refractivity contribution in [3.05, 3.63) is 64.8 Å². The lowest BCUT2D eigenvalue weighted by Gasteiger charge is -2.17. The summed E-state index contributed by atoms with van der Waals surface area (Å²) in [6.45, 7) is 0. The maximum atomic E-state index is 13.6. The number of aromatic nitrogens is 2. The van der Waals surface area contributed by atoms with Gasteiger partial charge >= 0.3 is 12.1 Å². The first-order valence-electron chi connectivity index (χ1n) is 7.41. The summed E-state index contributed by atoms with van der Waals surface area (Å²) in [6, 6.07) is 9.48. The van der Waals surface area contributed by atoms with Gasteiger partial charge in [-0.2, -0.15) is 18.2 Å². The van der Waals surface area contributed by atoms with Crippen LogP contribution in [0.5, 0.6) is 0 Å². The molecule has 10 heteroatoms. The van der Waals surface area contributed by atoms with Crippen LogP contribution in [0.3, 0.4) is 0 Å². The highest BCUT2D eigenvalue weighted by molar-refractivity contribution is 6.30. The summed E-state index contributed by atoms with van der Waals surface area (Å²) in [4.78, 5) is 17.0. The third-order valence-electron chi connectivity index (χ3n) is 3.65. The fourth-order valence-corrected chi connectivity index (χ4v) is 2.34. The molecule has 0 aliphatic rings. The Morgan fingerprint density at radius 2 is 1.81 bits per heavy atom. The minimum Gasteiger partial charge on any atom is -0.329 e. The number of hydrogen-bond acceptors (Lipinski definition) is 4. The molecular formula is C17H10ClF4N3O2. The van der Waals surface area contributed by atoms with E-state index in [0.717, 1.165) is 6.07 Å². The lowest BCUT2D eigenvalue weighted by Crippen LogP contribution is -2.26. The second-order valence-corrected chi connectivity index (χ2v) is 5.87. The van der Waals surface area contributed by atoms with E-state index in [9.17, 15) is 22.4 Å². The van der Waals surface area contributed by atoms with Crippen molar-refractivity contribution in [1.82, 2.24) is 10.1 Å². The van der Waals surface area contributed by atoms with Crippen molar-refractivity contribution in [1.29, 1.82) is 0 Å². The van der Waals surface area contributed by atoms with Gasteiger partial charge in [0, 0.05) is 23.9 Å². The fourth-order valence-electron chi connectivity index (χ4n) is 2.22. The normalized spacial score (nSPS) is 11.5. The van der Waals surface area contributed by atoms with E-state index in [1.54, 1.807) is 0 Å². The molecule has 3 rings (SSSR count). The summed E-state index contributed by atoms with van der Waals surface area (Å²) in [7, 11) is 1.45. The first kappa shape index (κ1) is 18.8. The van der Waals surface area contributed by atoms with Crippen molar-refractivity contribution >= 4 is 23.2 Å². The average molecular weight is 400 g/mol. The zero-order chi connectivity index (χ0) is 19.8. The second kappa shape index (κ2) is 6.99. The van der Waals surface area contributed by atoms with E-state index in [4.69, 9.17) is 11.6 Å². The Morgan fingerprint density at radius 3 is 2.37 bits per heavy atom. The molecule has 2 aromatic carbocycles. The monoisotopic (exact) mass is 399 g/mol. The summed E-state index contributed by atoms with van der Waals surface area (Å²) in [5.41, 5.74) is 0.765. The van der Waals surface area contributed by atoms with Gasteiger partial charge in [-0.1, -0.05) is 28.9 Å². The topological polar surface area (TPSA) is 59.2 Å². The van der Waals surface area contributed by atoms with Crippen LogP contribution in [0.4, 0.5) is 23.2 Å². The fraction of sp³-hybridized carbons (Fsp3) is 0.118. The first-order valence-corrected chi connectivity index (χ1v) is 7.79. The summed E-state index contributed by atoms with van der Waals surface area (Å²) in [5.74, 6) is -2.83. The van der Waals surface area contributed by atoms with Crippen LogP contribution >= 0.6 is 11.6 Å². The molecule has 140 valence electrons. The number of benzene rings is 2. The minimum absolute atomic E-state index is 0.0673. The molecule has 1 aromatic heterocycles. The Balaban J connectivity index is 1.81. The number of hydrogen-bond donors (Lipinski definition) is 0. The van der Waals surface area contributed by atoms with Gasteiger partial charge in [0.2, 0.25) is 5.82 Å². The number of carbonyl (C=O) groups excluding carboxylic acids is 1. The van der Waals surface area contributed by atoms with E-state index in [0.29, 0.717) is 5.69 Å². The van der Waals surface area contributed by atoms with Gasteiger partial charge < -0.3 is 9.42 Å². The highest BCUT2D eigenvalue weighted by Gasteiger charge is 2.38. The number of rotatable bonds is 3. The average Bonchev–Trinajstić information content (AvgIpc) is 3.13. The molecule has 1 amide bonds. The molecule has 0 unspecified atom stereocenters.